The van der Waals surface area contributed by atoms with Crippen molar-refractivity contribution in [2.24, 2.45) is 11.8 Å². The summed E-state index contributed by atoms with van der Waals surface area (Å²) in [6.07, 6.45) is 8.41. The van der Waals surface area contributed by atoms with E-state index in [1.54, 1.807) is 0 Å². The van der Waals surface area contributed by atoms with Gasteiger partial charge < -0.3 is 0 Å². The highest BCUT2D eigenvalue weighted by atomic mass is 35.7. The highest BCUT2D eigenvalue weighted by Crippen LogP contribution is 2.43. The molecule has 2 unspecified atom stereocenters. The SMILES string of the molecule is O=S(=O)(Cl)C1=CCCC2CCCCC12. The summed E-state index contributed by atoms with van der Waals surface area (Å²) < 4.78 is 22.7. The molecule has 1 fully saturated rings. The fourth-order valence-electron chi connectivity index (χ4n) is 2.80. The van der Waals surface area contributed by atoms with Gasteiger partial charge in [-0.3, -0.25) is 0 Å². The Hall–Kier alpha value is -0.0200. The molecule has 0 amide bonds. The van der Waals surface area contributed by atoms with E-state index in [-0.39, 0.29) is 5.92 Å². The largest absolute Gasteiger partial charge is 0.257 e. The van der Waals surface area contributed by atoms with Gasteiger partial charge in [-0.05, 0) is 37.5 Å². The molecule has 0 N–H and O–H groups in total. The van der Waals surface area contributed by atoms with Gasteiger partial charge in [0.05, 0.1) is 4.91 Å². The normalized spacial score (nSPS) is 33.4. The molecule has 0 aromatic carbocycles. The van der Waals surface area contributed by atoms with Crippen LogP contribution in [0.15, 0.2) is 11.0 Å². The Bertz CT molecular complexity index is 345. The summed E-state index contributed by atoms with van der Waals surface area (Å²) in [4.78, 5) is 0.509. The van der Waals surface area contributed by atoms with Gasteiger partial charge in [-0.25, -0.2) is 8.42 Å². The lowest BCUT2D eigenvalue weighted by molar-refractivity contribution is 0.254. The van der Waals surface area contributed by atoms with Gasteiger partial charge in [-0.1, -0.05) is 18.9 Å². The minimum atomic E-state index is -3.46. The molecule has 80 valence electrons. The molecule has 4 heteroatoms. The van der Waals surface area contributed by atoms with E-state index in [4.69, 9.17) is 10.7 Å². The summed E-state index contributed by atoms with van der Waals surface area (Å²) in [5, 5.41) is 0. The Labute approximate surface area is 89.8 Å². The van der Waals surface area contributed by atoms with Crippen LogP contribution in [0.3, 0.4) is 0 Å². The summed E-state index contributed by atoms with van der Waals surface area (Å²) in [5.74, 6) is 0.789. The summed E-state index contributed by atoms with van der Waals surface area (Å²) in [6, 6.07) is 0. The van der Waals surface area contributed by atoms with Crippen LogP contribution in [0.2, 0.25) is 0 Å². The maximum atomic E-state index is 11.3. The predicted octanol–water partition coefficient (Wildman–Crippen LogP) is 3.04. The third-order valence-electron chi connectivity index (χ3n) is 3.44. The van der Waals surface area contributed by atoms with Gasteiger partial charge in [-0.15, -0.1) is 0 Å². The zero-order chi connectivity index (χ0) is 10.2. The van der Waals surface area contributed by atoms with Gasteiger partial charge in [0.25, 0.3) is 9.05 Å². The van der Waals surface area contributed by atoms with Crippen LogP contribution in [0.25, 0.3) is 0 Å². The van der Waals surface area contributed by atoms with Crippen LogP contribution in [0, 0.1) is 11.8 Å². The maximum Gasteiger partial charge on any atom is 0.257 e. The Balaban J connectivity index is 2.28. The maximum absolute atomic E-state index is 11.3. The molecule has 0 aromatic heterocycles. The Morgan fingerprint density at radius 1 is 1.21 bits per heavy atom. The van der Waals surface area contributed by atoms with Crippen LogP contribution in [0.4, 0.5) is 0 Å². The van der Waals surface area contributed by atoms with Crippen molar-refractivity contribution in [2.75, 3.05) is 0 Å². The van der Waals surface area contributed by atoms with E-state index in [0.717, 1.165) is 25.7 Å². The van der Waals surface area contributed by atoms with Crippen molar-refractivity contribution in [1.82, 2.24) is 0 Å². The number of allylic oxidation sites excluding steroid dienone is 2. The van der Waals surface area contributed by atoms with Crippen LogP contribution in [-0.4, -0.2) is 8.42 Å². The number of hydrogen-bond acceptors (Lipinski definition) is 2. The second kappa shape index (κ2) is 3.86. The molecule has 0 heterocycles. The van der Waals surface area contributed by atoms with Gasteiger partial charge in [0.15, 0.2) is 0 Å². The Morgan fingerprint density at radius 2 is 1.93 bits per heavy atom. The van der Waals surface area contributed by atoms with Crippen LogP contribution in [-0.2, 0) is 9.05 Å². The third-order valence-corrected chi connectivity index (χ3v) is 5.01. The lowest BCUT2D eigenvalue weighted by atomic mass is 9.74. The quantitative estimate of drug-likeness (QED) is 0.654. The monoisotopic (exact) mass is 234 g/mol. The standard InChI is InChI=1S/C10H15ClO2S/c11-14(12,13)10-7-3-5-8-4-1-2-6-9(8)10/h7-9H,1-6H2. The first-order valence-corrected chi connectivity index (χ1v) is 7.54. The first-order valence-electron chi connectivity index (χ1n) is 5.24. The molecule has 0 spiro atoms. The number of rotatable bonds is 1. The minimum Gasteiger partial charge on any atom is -0.207 e. The predicted molar refractivity (Wildman–Crippen MR) is 57.5 cm³/mol. The van der Waals surface area contributed by atoms with Crippen molar-refractivity contribution in [3.63, 3.8) is 0 Å². The Kier molecular flexibility index (Phi) is 2.89. The molecule has 2 atom stereocenters. The van der Waals surface area contributed by atoms with Gasteiger partial charge in [-0.2, -0.15) is 0 Å². The van der Waals surface area contributed by atoms with Crippen LogP contribution in [0.5, 0.6) is 0 Å². The summed E-state index contributed by atoms with van der Waals surface area (Å²) >= 11 is 0. The molecule has 1 saturated carbocycles. The van der Waals surface area contributed by atoms with Crippen molar-refractivity contribution in [2.45, 2.75) is 38.5 Å². The van der Waals surface area contributed by atoms with Gasteiger partial charge >= 0.3 is 0 Å². The average molecular weight is 235 g/mol. The summed E-state index contributed by atoms with van der Waals surface area (Å²) in [6.45, 7) is 0. The van der Waals surface area contributed by atoms with Crippen LogP contribution < -0.4 is 0 Å². The minimum absolute atomic E-state index is 0.222. The third kappa shape index (κ3) is 1.98. The zero-order valence-corrected chi connectivity index (χ0v) is 9.65. The van der Waals surface area contributed by atoms with Crippen molar-refractivity contribution >= 4 is 19.7 Å². The van der Waals surface area contributed by atoms with Crippen molar-refractivity contribution in [3.8, 4) is 0 Å². The van der Waals surface area contributed by atoms with Crippen molar-refractivity contribution < 1.29 is 8.42 Å². The first-order chi connectivity index (χ1) is 6.59. The summed E-state index contributed by atoms with van der Waals surface area (Å²) in [5.41, 5.74) is 0. The molecule has 2 aliphatic rings. The van der Waals surface area contributed by atoms with Crippen molar-refractivity contribution in [1.29, 1.82) is 0 Å². The highest BCUT2D eigenvalue weighted by molar-refractivity contribution is 8.16. The van der Waals surface area contributed by atoms with E-state index in [9.17, 15) is 8.42 Å². The van der Waals surface area contributed by atoms with E-state index in [1.165, 1.54) is 12.8 Å². The second-order valence-corrected chi connectivity index (χ2v) is 6.84. The fraction of sp³-hybridized carbons (Fsp3) is 0.800. The van der Waals surface area contributed by atoms with Crippen LogP contribution in [0.1, 0.15) is 38.5 Å². The molecule has 2 nitrogen and oxygen atoms in total. The topological polar surface area (TPSA) is 34.1 Å². The zero-order valence-electron chi connectivity index (χ0n) is 8.08. The van der Waals surface area contributed by atoms with Crippen LogP contribution >= 0.6 is 10.7 Å². The molecule has 2 aliphatic carbocycles. The van der Waals surface area contributed by atoms with E-state index in [2.05, 4.69) is 0 Å². The van der Waals surface area contributed by atoms with E-state index < -0.39 is 9.05 Å². The smallest absolute Gasteiger partial charge is 0.207 e. The van der Waals surface area contributed by atoms with Gasteiger partial charge in [0.1, 0.15) is 0 Å². The molecule has 0 saturated heterocycles. The molecule has 0 aliphatic heterocycles. The number of halogens is 1. The molecule has 0 radical (unpaired) electrons. The number of fused-ring (bicyclic) bond motifs is 1. The molecular weight excluding hydrogens is 220 g/mol. The van der Waals surface area contributed by atoms with E-state index in [1.807, 2.05) is 6.08 Å². The molecule has 0 aromatic rings. The highest BCUT2D eigenvalue weighted by Gasteiger charge is 2.35. The lowest BCUT2D eigenvalue weighted by Crippen LogP contribution is -2.26. The van der Waals surface area contributed by atoms with E-state index in [0.29, 0.717) is 10.8 Å². The van der Waals surface area contributed by atoms with Gasteiger partial charge in [0.2, 0.25) is 0 Å². The molecular formula is C10H15ClO2S. The number of hydrogen-bond donors (Lipinski definition) is 0. The summed E-state index contributed by atoms with van der Waals surface area (Å²) in [7, 11) is 1.97. The van der Waals surface area contributed by atoms with E-state index >= 15 is 0 Å². The molecule has 0 bridgehead atoms. The fourth-order valence-corrected chi connectivity index (χ4v) is 4.32. The molecule has 2 rings (SSSR count). The lowest BCUT2D eigenvalue weighted by Gasteiger charge is -2.34. The Morgan fingerprint density at radius 3 is 2.64 bits per heavy atom. The molecule has 14 heavy (non-hydrogen) atoms. The average Bonchev–Trinajstić information content (AvgIpc) is 2.15. The second-order valence-electron chi connectivity index (χ2n) is 4.27. The van der Waals surface area contributed by atoms with Gasteiger partial charge in [0, 0.05) is 10.7 Å². The van der Waals surface area contributed by atoms with Crippen molar-refractivity contribution in [3.05, 3.63) is 11.0 Å². The first kappa shape index (κ1) is 10.5.